The van der Waals surface area contributed by atoms with Crippen LogP contribution in [0.3, 0.4) is 0 Å². The molecule has 1 saturated carbocycles. The van der Waals surface area contributed by atoms with Crippen molar-refractivity contribution in [1.82, 2.24) is 0 Å². The summed E-state index contributed by atoms with van der Waals surface area (Å²) in [7, 11) is 0. The van der Waals surface area contributed by atoms with Gasteiger partial charge in [-0.3, -0.25) is 0 Å². The van der Waals surface area contributed by atoms with Crippen LogP contribution in [0.4, 0.5) is 0 Å². The van der Waals surface area contributed by atoms with Crippen LogP contribution >= 0.6 is 0 Å². The van der Waals surface area contributed by atoms with Gasteiger partial charge in [-0.15, -0.1) is 0 Å². The van der Waals surface area contributed by atoms with Crippen LogP contribution in [0.1, 0.15) is 29.5 Å². The molecule has 1 fully saturated rings. The van der Waals surface area contributed by atoms with E-state index in [-0.39, 0.29) is 5.41 Å². The van der Waals surface area contributed by atoms with Gasteiger partial charge in [0, 0.05) is 11.8 Å². The van der Waals surface area contributed by atoms with E-state index in [1.807, 2.05) is 18.2 Å². The first-order valence-electron chi connectivity index (χ1n) is 6.63. The maximum absolute atomic E-state index is 11.3. The molecule has 2 aliphatic carbocycles. The van der Waals surface area contributed by atoms with E-state index in [1.165, 1.54) is 11.1 Å². The van der Waals surface area contributed by atoms with Crippen molar-refractivity contribution in [2.45, 2.75) is 30.3 Å². The quantitative estimate of drug-likeness (QED) is 0.806. The van der Waals surface area contributed by atoms with E-state index < -0.39 is 5.60 Å². The molecular weight excluding hydrogens is 220 g/mol. The molecule has 1 N–H and O–H groups in total. The molecule has 18 heavy (non-hydrogen) atoms. The fourth-order valence-electron chi connectivity index (χ4n) is 3.71. The van der Waals surface area contributed by atoms with Crippen LogP contribution in [0.15, 0.2) is 54.6 Å². The highest BCUT2D eigenvalue weighted by atomic mass is 16.3. The highest BCUT2D eigenvalue weighted by Gasteiger charge is 2.64. The summed E-state index contributed by atoms with van der Waals surface area (Å²) in [5, 5.41) is 11.3. The average molecular weight is 236 g/mol. The van der Waals surface area contributed by atoms with Crippen LogP contribution in [0.5, 0.6) is 0 Å². The Labute approximate surface area is 107 Å². The number of aliphatic hydroxyl groups is 1. The Balaban J connectivity index is 1.91. The van der Waals surface area contributed by atoms with Crippen molar-refractivity contribution in [1.29, 1.82) is 0 Å². The summed E-state index contributed by atoms with van der Waals surface area (Å²) in [6.07, 6.45) is 2.97. The van der Waals surface area contributed by atoms with E-state index >= 15 is 0 Å². The summed E-state index contributed by atoms with van der Waals surface area (Å²) >= 11 is 0. The zero-order valence-corrected chi connectivity index (χ0v) is 10.3. The monoisotopic (exact) mass is 236 g/mol. The molecule has 0 aromatic heterocycles. The number of rotatable bonds is 1. The minimum atomic E-state index is -0.696. The lowest BCUT2D eigenvalue weighted by Crippen LogP contribution is -2.36. The minimum Gasteiger partial charge on any atom is -0.384 e. The van der Waals surface area contributed by atoms with Gasteiger partial charge in [-0.05, 0) is 29.5 Å². The largest absolute Gasteiger partial charge is 0.384 e. The highest BCUT2D eigenvalue weighted by molar-refractivity contribution is 5.52. The van der Waals surface area contributed by atoms with Gasteiger partial charge in [-0.25, -0.2) is 0 Å². The van der Waals surface area contributed by atoms with Crippen LogP contribution in [0.2, 0.25) is 0 Å². The fraction of sp³-hybridized carbons (Fsp3) is 0.294. The molecule has 0 heterocycles. The molecule has 1 spiro atoms. The van der Waals surface area contributed by atoms with Crippen molar-refractivity contribution >= 4 is 0 Å². The topological polar surface area (TPSA) is 20.2 Å². The molecule has 1 atom stereocenters. The second-order valence-electron chi connectivity index (χ2n) is 5.64. The summed E-state index contributed by atoms with van der Waals surface area (Å²) in [6.45, 7) is 0. The van der Waals surface area contributed by atoms with Crippen LogP contribution in [0.25, 0.3) is 0 Å². The Bertz CT molecular complexity index is 598. The highest BCUT2D eigenvalue weighted by Crippen LogP contribution is 2.65. The third kappa shape index (κ3) is 1.10. The van der Waals surface area contributed by atoms with E-state index in [9.17, 15) is 5.11 Å². The third-order valence-electron chi connectivity index (χ3n) is 4.77. The summed E-state index contributed by atoms with van der Waals surface area (Å²) in [4.78, 5) is 0. The van der Waals surface area contributed by atoms with Crippen LogP contribution in [-0.4, -0.2) is 5.11 Å². The molecule has 0 aliphatic heterocycles. The van der Waals surface area contributed by atoms with E-state index in [2.05, 4.69) is 36.4 Å². The Kier molecular flexibility index (Phi) is 1.86. The van der Waals surface area contributed by atoms with Crippen LogP contribution in [-0.2, 0) is 17.4 Å². The van der Waals surface area contributed by atoms with Gasteiger partial charge in [-0.2, -0.15) is 0 Å². The van der Waals surface area contributed by atoms with Gasteiger partial charge in [0.2, 0.25) is 0 Å². The van der Waals surface area contributed by atoms with Crippen molar-refractivity contribution in [3.8, 4) is 0 Å². The Morgan fingerprint density at radius 1 is 0.833 bits per heavy atom. The molecule has 4 rings (SSSR count). The van der Waals surface area contributed by atoms with Gasteiger partial charge in [0.1, 0.15) is 5.60 Å². The molecule has 2 aliphatic rings. The lowest BCUT2D eigenvalue weighted by molar-refractivity contribution is 0.00833. The molecule has 1 heteroatoms. The third-order valence-corrected chi connectivity index (χ3v) is 4.77. The lowest BCUT2D eigenvalue weighted by Gasteiger charge is -2.31. The fourth-order valence-corrected chi connectivity index (χ4v) is 3.71. The maximum atomic E-state index is 11.3. The van der Waals surface area contributed by atoms with E-state index in [4.69, 9.17) is 0 Å². The molecule has 90 valence electrons. The molecule has 0 amide bonds. The lowest BCUT2D eigenvalue weighted by atomic mass is 9.79. The van der Waals surface area contributed by atoms with Gasteiger partial charge in [0.25, 0.3) is 0 Å². The molecule has 1 unspecified atom stereocenters. The first-order chi connectivity index (χ1) is 8.76. The Hall–Kier alpha value is -1.60. The van der Waals surface area contributed by atoms with Gasteiger partial charge in [-0.1, -0.05) is 54.6 Å². The SMILES string of the molecule is OC1(c2ccccc2)Cc2ccccc2C12CC2. The Morgan fingerprint density at radius 3 is 2.22 bits per heavy atom. The van der Waals surface area contributed by atoms with Crippen molar-refractivity contribution in [3.63, 3.8) is 0 Å². The van der Waals surface area contributed by atoms with E-state index in [1.54, 1.807) is 0 Å². The normalized spacial score (nSPS) is 27.2. The summed E-state index contributed by atoms with van der Waals surface area (Å²) in [6, 6.07) is 18.7. The zero-order valence-electron chi connectivity index (χ0n) is 10.3. The predicted octanol–water partition coefficient (Wildman–Crippen LogP) is 3.16. The van der Waals surface area contributed by atoms with Crippen molar-refractivity contribution in [2.24, 2.45) is 0 Å². The van der Waals surface area contributed by atoms with Crippen LogP contribution < -0.4 is 0 Å². The number of hydrogen-bond donors (Lipinski definition) is 1. The molecule has 1 nitrogen and oxygen atoms in total. The maximum Gasteiger partial charge on any atom is 0.103 e. The van der Waals surface area contributed by atoms with E-state index in [0.29, 0.717) is 0 Å². The smallest absolute Gasteiger partial charge is 0.103 e. The molecule has 2 aromatic rings. The standard InChI is InChI=1S/C17H16O/c18-17(14-7-2-1-3-8-14)12-13-6-4-5-9-15(13)16(17)10-11-16/h1-9,18H,10-12H2. The summed E-state index contributed by atoms with van der Waals surface area (Å²) in [5.74, 6) is 0. The number of fused-ring (bicyclic) bond motifs is 2. The van der Waals surface area contributed by atoms with Gasteiger partial charge < -0.3 is 5.11 Å². The molecular formula is C17H16O. The zero-order chi connectivity index (χ0) is 12.2. The molecule has 0 radical (unpaired) electrons. The van der Waals surface area contributed by atoms with E-state index in [0.717, 1.165) is 24.8 Å². The molecule has 0 bridgehead atoms. The van der Waals surface area contributed by atoms with Gasteiger partial charge >= 0.3 is 0 Å². The van der Waals surface area contributed by atoms with Crippen molar-refractivity contribution in [2.75, 3.05) is 0 Å². The first kappa shape index (κ1) is 10.3. The molecule has 0 saturated heterocycles. The second kappa shape index (κ2) is 3.24. The van der Waals surface area contributed by atoms with Crippen molar-refractivity contribution in [3.05, 3.63) is 71.3 Å². The average Bonchev–Trinajstić information content (AvgIpc) is 3.17. The van der Waals surface area contributed by atoms with Gasteiger partial charge in [0.15, 0.2) is 0 Å². The number of hydrogen-bond acceptors (Lipinski definition) is 1. The molecule has 2 aromatic carbocycles. The second-order valence-corrected chi connectivity index (χ2v) is 5.64. The van der Waals surface area contributed by atoms with Gasteiger partial charge in [0.05, 0.1) is 0 Å². The predicted molar refractivity (Wildman–Crippen MR) is 71.4 cm³/mol. The number of benzene rings is 2. The minimum absolute atomic E-state index is 0.00898. The first-order valence-corrected chi connectivity index (χ1v) is 6.63. The Morgan fingerprint density at radius 2 is 1.50 bits per heavy atom. The van der Waals surface area contributed by atoms with Crippen molar-refractivity contribution < 1.29 is 5.11 Å². The van der Waals surface area contributed by atoms with Crippen LogP contribution in [0, 0.1) is 0 Å². The summed E-state index contributed by atoms with van der Waals surface area (Å²) < 4.78 is 0. The summed E-state index contributed by atoms with van der Waals surface area (Å²) in [5.41, 5.74) is 3.06.